The van der Waals surface area contributed by atoms with E-state index in [1.807, 2.05) is 30.3 Å². The molecule has 1 amide bonds. The summed E-state index contributed by atoms with van der Waals surface area (Å²) in [5.74, 6) is 0.585. The molecule has 0 aliphatic heterocycles. The average molecular weight is 312 g/mol. The van der Waals surface area contributed by atoms with Crippen LogP contribution in [0.3, 0.4) is 0 Å². The van der Waals surface area contributed by atoms with Gasteiger partial charge in [-0.3, -0.25) is 4.79 Å². The first-order valence-electron chi connectivity index (χ1n) is 7.59. The van der Waals surface area contributed by atoms with E-state index in [0.29, 0.717) is 11.9 Å². The molecule has 1 aliphatic carbocycles. The van der Waals surface area contributed by atoms with E-state index in [2.05, 4.69) is 20.3 Å². The first kappa shape index (κ1) is 15.2. The number of aromatic nitrogens is 3. The predicted octanol–water partition coefficient (Wildman–Crippen LogP) is 1.40. The van der Waals surface area contributed by atoms with Crippen molar-refractivity contribution < 1.29 is 4.79 Å². The lowest BCUT2D eigenvalue weighted by atomic mass is 10.0. The van der Waals surface area contributed by atoms with Crippen molar-refractivity contribution in [1.29, 1.82) is 0 Å². The Hall–Kier alpha value is -2.70. The fraction of sp³-hybridized carbons (Fsp3) is 0.375. The lowest BCUT2D eigenvalue weighted by Gasteiger charge is -2.18. The third-order valence-electron chi connectivity index (χ3n) is 3.78. The Balaban J connectivity index is 1.82. The number of carbonyl (C=O) groups is 1. The Bertz CT molecular complexity index is 699. The van der Waals surface area contributed by atoms with E-state index < -0.39 is 0 Å². The van der Waals surface area contributed by atoms with Gasteiger partial charge in [-0.25, -0.2) is 0 Å². The van der Waals surface area contributed by atoms with Crippen LogP contribution in [0.2, 0.25) is 0 Å². The van der Waals surface area contributed by atoms with Crippen LogP contribution in [0.5, 0.6) is 0 Å². The molecule has 0 bridgehead atoms. The minimum Gasteiger partial charge on any atom is -0.368 e. The summed E-state index contributed by atoms with van der Waals surface area (Å²) in [5.41, 5.74) is 6.78. The van der Waals surface area contributed by atoms with Crippen molar-refractivity contribution in [2.24, 2.45) is 5.92 Å². The summed E-state index contributed by atoms with van der Waals surface area (Å²) in [6.07, 6.45) is 2.23. The predicted molar refractivity (Wildman–Crippen MR) is 87.9 cm³/mol. The molecule has 1 aromatic heterocycles. The van der Waals surface area contributed by atoms with Crippen LogP contribution in [0.25, 0.3) is 0 Å². The second-order valence-corrected chi connectivity index (χ2v) is 5.91. The maximum atomic E-state index is 12.5. The van der Waals surface area contributed by atoms with Gasteiger partial charge < -0.3 is 16.0 Å². The zero-order chi connectivity index (χ0) is 16.4. The summed E-state index contributed by atoms with van der Waals surface area (Å²) in [6.45, 7) is 0. The normalized spacial score (nSPS) is 15.0. The SMILES string of the molecule is CN(C)c1nc(N)nc(C(=O)NC(c2ccccc2)C2CC2)n1. The number of hydrogen-bond donors (Lipinski definition) is 2. The highest BCUT2D eigenvalue weighted by Crippen LogP contribution is 2.41. The third-order valence-corrected chi connectivity index (χ3v) is 3.78. The standard InChI is InChI=1S/C16H20N6O/c1-22(2)16-20-13(19-15(17)21-16)14(23)18-12(11-8-9-11)10-6-4-3-5-7-10/h3-7,11-12H,8-9H2,1-2H3,(H,18,23)(H2,17,19,20,21). The maximum absolute atomic E-state index is 12.5. The maximum Gasteiger partial charge on any atom is 0.289 e. The lowest BCUT2D eigenvalue weighted by molar-refractivity contribution is 0.0921. The van der Waals surface area contributed by atoms with Gasteiger partial charge in [0.05, 0.1) is 6.04 Å². The molecule has 3 rings (SSSR count). The fourth-order valence-electron chi connectivity index (χ4n) is 2.45. The summed E-state index contributed by atoms with van der Waals surface area (Å²) >= 11 is 0. The number of benzene rings is 1. The lowest BCUT2D eigenvalue weighted by Crippen LogP contribution is -2.32. The molecule has 7 heteroatoms. The van der Waals surface area contributed by atoms with Crippen LogP contribution in [0.4, 0.5) is 11.9 Å². The van der Waals surface area contributed by atoms with Gasteiger partial charge in [-0.05, 0) is 24.3 Å². The monoisotopic (exact) mass is 312 g/mol. The minimum absolute atomic E-state index is 0.0236. The summed E-state index contributed by atoms with van der Waals surface area (Å²) < 4.78 is 0. The van der Waals surface area contributed by atoms with Gasteiger partial charge in [0, 0.05) is 14.1 Å². The van der Waals surface area contributed by atoms with Crippen LogP contribution in [-0.4, -0.2) is 35.0 Å². The van der Waals surface area contributed by atoms with Gasteiger partial charge in [0.15, 0.2) is 0 Å². The van der Waals surface area contributed by atoms with Crippen molar-refractivity contribution in [2.45, 2.75) is 18.9 Å². The van der Waals surface area contributed by atoms with E-state index in [1.165, 1.54) is 0 Å². The molecule has 1 heterocycles. The van der Waals surface area contributed by atoms with E-state index in [4.69, 9.17) is 5.73 Å². The summed E-state index contributed by atoms with van der Waals surface area (Å²) in [5, 5.41) is 3.04. The first-order valence-corrected chi connectivity index (χ1v) is 7.59. The fourth-order valence-corrected chi connectivity index (χ4v) is 2.45. The van der Waals surface area contributed by atoms with Gasteiger partial charge in [-0.2, -0.15) is 15.0 Å². The molecule has 0 radical (unpaired) electrons. The highest BCUT2D eigenvalue weighted by molar-refractivity contribution is 5.91. The topological polar surface area (TPSA) is 97.0 Å². The van der Waals surface area contributed by atoms with Crippen molar-refractivity contribution in [3.63, 3.8) is 0 Å². The molecule has 120 valence electrons. The van der Waals surface area contributed by atoms with E-state index in [0.717, 1.165) is 18.4 Å². The van der Waals surface area contributed by atoms with Crippen molar-refractivity contribution in [1.82, 2.24) is 20.3 Å². The number of nitrogens with zero attached hydrogens (tertiary/aromatic N) is 4. The molecule has 0 saturated heterocycles. The number of hydrogen-bond acceptors (Lipinski definition) is 6. The van der Waals surface area contributed by atoms with Crippen LogP contribution in [-0.2, 0) is 0 Å². The number of nitrogens with one attached hydrogen (secondary N) is 1. The summed E-state index contributed by atoms with van der Waals surface area (Å²) in [4.78, 5) is 26.4. The number of nitrogens with two attached hydrogens (primary N) is 1. The molecule has 0 spiro atoms. The molecule has 1 fully saturated rings. The van der Waals surface area contributed by atoms with Gasteiger partial charge in [0.2, 0.25) is 17.7 Å². The van der Waals surface area contributed by atoms with Crippen LogP contribution < -0.4 is 16.0 Å². The molecule has 3 N–H and O–H groups in total. The van der Waals surface area contributed by atoms with Crippen molar-refractivity contribution >= 4 is 17.8 Å². The number of amides is 1. The van der Waals surface area contributed by atoms with Crippen molar-refractivity contribution in [3.8, 4) is 0 Å². The van der Waals surface area contributed by atoms with Crippen molar-refractivity contribution in [3.05, 3.63) is 41.7 Å². The van der Waals surface area contributed by atoms with E-state index >= 15 is 0 Å². The molecule has 1 atom stereocenters. The quantitative estimate of drug-likeness (QED) is 0.866. The number of rotatable bonds is 5. The third kappa shape index (κ3) is 3.56. The molecule has 1 unspecified atom stereocenters. The molecule has 7 nitrogen and oxygen atoms in total. The largest absolute Gasteiger partial charge is 0.368 e. The molecule has 1 aliphatic rings. The van der Waals surface area contributed by atoms with Gasteiger partial charge >= 0.3 is 0 Å². The number of carbonyl (C=O) groups excluding carboxylic acids is 1. The van der Waals surface area contributed by atoms with Crippen LogP contribution in [0.1, 0.15) is 35.1 Å². The van der Waals surface area contributed by atoms with Crippen LogP contribution >= 0.6 is 0 Å². The molecular formula is C16H20N6O. The Kier molecular flexibility index (Phi) is 4.10. The minimum atomic E-state index is -0.331. The number of anilines is 2. The first-order chi connectivity index (χ1) is 11.0. The zero-order valence-electron chi connectivity index (χ0n) is 13.2. The van der Waals surface area contributed by atoms with Gasteiger partial charge in [0.1, 0.15) is 0 Å². The molecule has 1 aromatic carbocycles. The Labute approximate surface area is 135 Å². The Morgan fingerprint density at radius 3 is 2.52 bits per heavy atom. The molecular weight excluding hydrogens is 292 g/mol. The van der Waals surface area contributed by atoms with E-state index in [1.54, 1.807) is 19.0 Å². The van der Waals surface area contributed by atoms with E-state index in [9.17, 15) is 4.79 Å². The zero-order valence-corrected chi connectivity index (χ0v) is 13.2. The van der Waals surface area contributed by atoms with Crippen molar-refractivity contribution in [2.75, 3.05) is 24.7 Å². The average Bonchev–Trinajstić information content (AvgIpc) is 3.37. The molecule has 23 heavy (non-hydrogen) atoms. The second kappa shape index (κ2) is 6.20. The van der Waals surface area contributed by atoms with Crippen LogP contribution in [0, 0.1) is 5.92 Å². The highest BCUT2D eigenvalue weighted by atomic mass is 16.2. The Morgan fingerprint density at radius 2 is 1.91 bits per heavy atom. The summed E-state index contributed by atoms with van der Waals surface area (Å²) in [6, 6.07) is 9.94. The van der Waals surface area contributed by atoms with Crippen LogP contribution in [0.15, 0.2) is 30.3 Å². The smallest absolute Gasteiger partial charge is 0.289 e. The second-order valence-electron chi connectivity index (χ2n) is 5.91. The highest BCUT2D eigenvalue weighted by Gasteiger charge is 2.34. The number of nitrogen functional groups attached to an aromatic ring is 1. The van der Waals surface area contributed by atoms with Gasteiger partial charge in [-0.15, -0.1) is 0 Å². The Morgan fingerprint density at radius 1 is 1.22 bits per heavy atom. The summed E-state index contributed by atoms with van der Waals surface area (Å²) in [7, 11) is 3.57. The van der Waals surface area contributed by atoms with Gasteiger partial charge in [-0.1, -0.05) is 30.3 Å². The van der Waals surface area contributed by atoms with E-state index in [-0.39, 0.29) is 23.7 Å². The molecule has 2 aromatic rings. The molecule has 1 saturated carbocycles. The van der Waals surface area contributed by atoms with Gasteiger partial charge in [0.25, 0.3) is 5.91 Å².